The molecule has 0 aliphatic rings. The zero-order chi connectivity index (χ0) is 20.3. The fourth-order valence-electron chi connectivity index (χ4n) is 2.81. The average Bonchev–Trinajstić information content (AvgIpc) is 2.98. The van der Waals surface area contributed by atoms with E-state index < -0.39 is 16.0 Å². The Morgan fingerprint density at radius 2 is 1.75 bits per heavy atom. The maximum absolute atomic E-state index is 12.9. The van der Waals surface area contributed by atoms with E-state index in [1.54, 1.807) is 26.0 Å². The molecule has 0 saturated heterocycles. The summed E-state index contributed by atoms with van der Waals surface area (Å²) in [5.41, 5.74) is 2.11. The number of hydrogen-bond donors (Lipinski definition) is 2. The molecule has 0 bridgehead atoms. The van der Waals surface area contributed by atoms with Crippen molar-refractivity contribution in [1.29, 1.82) is 0 Å². The van der Waals surface area contributed by atoms with E-state index in [0.29, 0.717) is 11.4 Å². The van der Waals surface area contributed by atoms with Crippen LogP contribution in [0.15, 0.2) is 64.0 Å². The number of aryl methyl sites for hydroxylation is 1. The zero-order valence-corrected chi connectivity index (χ0v) is 17.7. The van der Waals surface area contributed by atoms with Crippen molar-refractivity contribution < 1.29 is 17.9 Å². The standard InChI is InChI=1S/C20H19BrN2O4S/c1-3-27-20(24)17-13(2)22-18(14-7-5-4-6-8-14)19(17)23-28(25,26)16-11-9-15(21)10-12-16/h4-12,22-23H,3H2,1-2H3. The number of rotatable bonds is 6. The van der Waals surface area contributed by atoms with Gasteiger partial charge in [-0.25, -0.2) is 13.2 Å². The Labute approximate surface area is 172 Å². The van der Waals surface area contributed by atoms with Crippen molar-refractivity contribution in [1.82, 2.24) is 4.98 Å². The lowest BCUT2D eigenvalue weighted by molar-refractivity contribution is 0.0527. The molecule has 3 rings (SSSR count). The highest BCUT2D eigenvalue weighted by Crippen LogP contribution is 2.35. The van der Waals surface area contributed by atoms with Crippen LogP contribution >= 0.6 is 15.9 Å². The first-order valence-electron chi connectivity index (χ1n) is 8.57. The van der Waals surface area contributed by atoms with Gasteiger partial charge in [0.05, 0.1) is 22.9 Å². The number of sulfonamides is 1. The van der Waals surface area contributed by atoms with Crippen molar-refractivity contribution in [3.63, 3.8) is 0 Å². The van der Waals surface area contributed by atoms with Crippen LogP contribution in [0.2, 0.25) is 0 Å². The number of halogens is 1. The maximum Gasteiger partial charge on any atom is 0.342 e. The molecule has 8 heteroatoms. The number of aromatic amines is 1. The number of anilines is 1. The summed E-state index contributed by atoms with van der Waals surface area (Å²) < 4.78 is 34.4. The van der Waals surface area contributed by atoms with Crippen molar-refractivity contribution >= 4 is 37.6 Å². The molecular formula is C20H19BrN2O4S. The predicted octanol–water partition coefficient (Wildman–Crippen LogP) is 4.73. The average molecular weight is 463 g/mol. The molecule has 6 nitrogen and oxygen atoms in total. The molecule has 0 unspecified atom stereocenters. The van der Waals surface area contributed by atoms with E-state index in [-0.39, 0.29) is 22.8 Å². The molecule has 0 spiro atoms. The summed E-state index contributed by atoms with van der Waals surface area (Å²) in [5, 5.41) is 0. The Morgan fingerprint density at radius 3 is 2.36 bits per heavy atom. The number of H-pyrrole nitrogens is 1. The normalized spacial score (nSPS) is 11.2. The van der Waals surface area contributed by atoms with Crippen LogP contribution < -0.4 is 4.72 Å². The van der Waals surface area contributed by atoms with Crippen molar-refractivity contribution in [3.8, 4) is 11.3 Å². The molecule has 0 radical (unpaired) electrons. The minimum absolute atomic E-state index is 0.0865. The van der Waals surface area contributed by atoms with Gasteiger partial charge in [0.2, 0.25) is 0 Å². The number of benzene rings is 2. The number of esters is 1. The van der Waals surface area contributed by atoms with E-state index >= 15 is 0 Å². The first kappa shape index (κ1) is 20.2. The van der Waals surface area contributed by atoms with Gasteiger partial charge >= 0.3 is 5.97 Å². The van der Waals surface area contributed by atoms with Gasteiger partial charge in [-0.15, -0.1) is 0 Å². The van der Waals surface area contributed by atoms with Crippen LogP contribution in [0.5, 0.6) is 0 Å². The second kappa shape index (κ2) is 8.20. The highest BCUT2D eigenvalue weighted by molar-refractivity contribution is 9.10. The van der Waals surface area contributed by atoms with Gasteiger partial charge in [0.1, 0.15) is 5.56 Å². The maximum atomic E-state index is 12.9. The summed E-state index contributed by atoms with van der Waals surface area (Å²) in [6.07, 6.45) is 0. The van der Waals surface area contributed by atoms with E-state index in [1.165, 1.54) is 12.1 Å². The van der Waals surface area contributed by atoms with Gasteiger partial charge in [0, 0.05) is 15.7 Å². The van der Waals surface area contributed by atoms with Crippen LogP contribution in [0, 0.1) is 6.92 Å². The van der Waals surface area contributed by atoms with Crippen molar-refractivity contribution in [3.05, 3.63) is 70.3 Å². The van der Waals surface area contributed by atoms with Crippen molar-refractivity contribution in [2.45, 2.75) is 18.7 Å². The Morgan fingerprint density at radius 1 is 1.11 bits per heavy atom. The topological polar surface area (TPSA) is 88.3 Å². The summed E-state index contributed by atoms with van der Waals surface area (Å²) in [4.78, 5) is 15.7. The first-order chi connectivity index (χ1) is 13.3. The Hall–Kier alpha value is -2.58. The van der Waals surface area contributed by atoms with E-state index in [0.717, 1.165) is 10.0 Å². The third kappa shape index (κ3) is 4.13. The summed E-state index contributed by atoms with van der Waals surface area (Å²) in [7, 11) is -3.92. The van der Waals surface area contributed by atoms with Gasteiger partial charge in [-0.05, 0) is 38.1 Å². The molecule has 0 atom stereocenters. The summed E-state index contributed by atoms with van der Waals surface area (Å²) >= 11 is 3.29. The smallest absolute Gasteiger partial charge is 0.342 e. The minimum atomic E-state index is -3.92. The number of hydrogen-bond acceptors (Lipinski definition) is 4. The lowest BCUT2D eigenvalue weighted by Gasteiger charge is -2.12. The molecular weight excluding hydrogens is 444 g/mol. The number of carbonyl (C=O) groups excluding carboxylic acids is 1. The van der Waals surface area contributed by atoms with Gasteiger partial charge in [-0.3, -0.25) is 4.72 Å². The zero-order valence-electron chi connectivity index (χ0n) is 15.3. The molecule has 1 aromatic heterocycles. The van der Waals surface area contributed by atoms with Crippen molar-refractivity contribution in [2.75, 3.05) is 11.3 Å². The minimum Gasteiger partial charge on any atom is -0.462 e. The van der Waals surface area contributed by atoms with Gasteiger partial charge in [-0.2, -0.15) is 0 Å². The fourth-order valence-corrected chi connectivity index (χ4v) is 4.16. The Balaban J connectivity index is 2.14. The second-order valence-electron chi connectivity index (χ2n) is 6.02. The molecule has 0 aliphatic carbocycles. The van der Waals surface area contributed by atoms with Crippen LogP contribution in [0.3, 0.4) is 0 Å². The molecule has 28 heavy (non-hydrogen) atoms. The number of carbonyl (C=O) groups is 1. The molecule has 1 heterocycles. The first-order valence-corrected chi connectivity index (χ1v) is 10.8. The largest absolute Gasteiger partial charge is 0.462 e. The van der Waals surface area contributed by atoms with Gasteiger partial charge in [-0.1, -0.05) is 46.3 Å². The third-order valence-corrected chi connectivity index (χ3v) is 5.98. The van der Waals surface area contributed by atoms with Crippen LogP contribution in [-0.2, 0) is 14.8 Å². The van der Waals surface area contributed by atoms with Gasteiger partial charge < -0.3 is 9.72 Å². The Kier molecular flexibility index (Phi) is 5.90. The summed E-state index contributed by atoms with van der Waals surface area (Å²) in [6, 6.07) is 15.4. The lowest BCUT2D eigenvalue weighted by Crippen LogP contribution is -2.16. The molecule has 0 fully saturated rings. The number of ether oxygens (including phenoxy) is 1. The van der Waals surface area contributed by atoms with Gasteiger partial charge in [0.15, 0.2) is 0 Å². The highest BCUT2D eigenvalue weighted by Gasteiger charge is 2.27. The Bertz CT molecular complexity index is 1090. The number of nitrogens with one attached hydrogen (secondary N) is 2. The monoisotopic (exact) mass is 462 g/mol. The van der Waals surface area contributed by atoms with E-state index in [1.807, 2.05) is 30.3 Å². The van der Waals surface area contributed by atoms with Crippen LogP contribution in [0.25, 0.3) is 11.3 Å². The molecule has 0 saturated carbocycles. The van der Waals surface area contributed by atoms with Gasteiger partial charge in [0.25, 0.3) is 10.0 Å². The molecule has 146 valence electrons. The summed E-state index contributed by atoms with van der Waals surface area (Å²) in [5.74, 6) is -0.591. The molecule has 0 aliphatic heterocycles. The quantitative estimate of drug-likeness (QED) is 0.518. The third-order valence-electron chi connectivity index (χ3n) is 4.09. The highest BCUT2D eigenvalue weighted by atomic mass is 79.9. The van der Waals surface area contributed by atoms with Crippen LogP contribution in [0.4, 0.5) is 5.69 Å². The SMILES string of the molecule is CCOC(=O)c1c(C)[nH]c(-c2ccccc2)c1NS(=O)(=O)c1ccc(Br)cc1. The van der Waals surface area contributed by atoms with E-state index in [9.17, 15) is 13.2 Å². The second-order valence-corrected chi connectivity index (χ2v) is 8.62. The lowest BCUT2D eigenvalue weighted by atomic mass is 10.1. The molecule has 0 amide bonds. The molecule has 2 N–H and O–H groups in total. The van der Waals surface area contributed by atoms with Crippen LogP contribution in [0.1, 0.15) is 23.0 Å². The van der Waals surface area contributed by atoms with Crippen molar-refractivity contribution in [2.24, 2.45) is 0 Å². The molecule has 3 aromatic rings. The number of aromatic nitrogens is 1. The summed E-state index contributed by atoms with van der Waals surface area (Å²) in [6.45, 7) is 3.59. The van der Waals surface area contributed by atoms with E-state index in [4.69, 9.17) is 4.74 Å². The molecule has 2 aromatic carbocycles. The fraction of sp³-hybridized carbons (Fsp3) is 0.150. The van der Waals surface area contributed by atoms with E-state index in [2.05, 4.69) is 25.6 Å². The predicted molar refractivity (Wildman–Crippen MR) is 112 cm³/mol. The van der Waals surface area contributed by atoms with Crippen LogP contribution in [-0.4, -0.2) is 26.0 Å².